The van der Waals surface area contributed by atoms with E-state index in [4.69, 9.17) is 4.74 Å². The highest BCUT2D eigenvalue weighted by Crippen LogP contribution is 2.27. The minimum absolute atomic E-state index is 0.0527. The molecule has 0 bridgehead atoms. The lowest BCUT2D eigenvalue weighted by molar-refractivity contribution is -0.384. The first kappa shape index (κ1) is 17.1. The Bertz CT molecular complexity index is 1010. The number of nitro benzene ring substituents is 1. The second kappa shape index (κ2) is 7.11. The molecule has 0 aliphatic heterocycles. The molecular weight excluding hydrogens is 346 g/mol. The first-order valence-electron chi connectivity index (χ1n) is 8.94. The van der Waals surface area contributed by atoms with Gasteiger partial charge in [0, 0.05) is 41.0 Å². The standard InChI is InChI=1S/C20H19N3O4/c24-20(18-12-21-19-9-8-14(23(25)26)11-17(18)19)22-13-4-3-7-16(10-13)27-15-5-1-2-6-15/h3-4,7-12,15,21H,1-2,5-6H2,(H,22,24). The second-order valence-corrected chi connectivity index (χ2v) is 6.70. The van der Waals surface area contributed by atoms with E-state index in [-0.39, 0.29) is 17.7 Å². The summed E-state index contributed by atoms with van der Waals surface area (Å²) in [5, 5.41) is 14.4. The third kappa shape index (κ3) is 3.62. The predicted molar refractivity (Wildman–Crippen MR) is 102 cm³/mol. The zero-order valence-corrected chi connectivity index (χ0v) is 14.6. The number of rotatable bonds is 5. The summed E-state index contributed by atoms with van der Waals surface area (Å²) in [4.78, 5) is 26.2. The molecule has 1 aliphatic carbocycles. The maximum Gasteiger partial charge on any atom is 0.270 e. The molecular formula is C20H19N3O4. The average molecular weight is 365 g/mol. The number of H-pyrrole nitrogens is 1. The molecule has 1 heterocycles. The van der Waals surface area contributed by atoms with Crippen molar-refractivity contribution >= 4 is 28.2 Å². The number of carbonyl (C=O) groups is 1. The van der Waals surface area contributed by atoms with Crippen LogP contribution in [0.5, 0.6) is 5.75 Å². The van der Waals surface area contributed by atoms with E-state index in [9.17, 15) is 14.9 Å². The number of nitrogens with zero attached hydrogens (tertiary/aromatic N) is 1. The van der Waals surface area contributed by atoms with E-state index < -0.39 is 4.92 Å². The van der Waals surface area contributed by atoms with Gasteiger partial charge >= 0.3 is 0 Å². The Hall–Kier alpha value is -3.35. The molecule has 7 heteroatoms. The van der Waals surface area contributed by atoms with E-state index in [1.165, 1.54) is 25.0 Å². The van der Waals surface area contributed by atoms with Crippen LogP contribution in [-0.4, -0.2) is 21.9 Å². The third-order valence-electron chi connectivity index (χ3n) is 4.82. The molecule has 4 rings (SSSR count). The van der Waals surface area contributed by atoms with Gasteiger partial charge in [-0.25, -0.2) is 0 Å². The number of non-ortho nitro benzene ring substituents is 1. The molecule has 1 aromatic heterocycles. The summed E-state index contributed by atoms with van der Waals surface area (Å²) >= 11 is 0. The maximum absolute atomic E-state index is 12.7. The summed E-state index contributed by atoms with van der Waals surface area (Å²) in [5.41, 5.74) is 1.60. The zero-order valence-electron chi connectivity index (χ0n) is 14.6. The highest BCUT2D eigenvalue weighted by molar-refractivity contribution is 6.13. The number of aromatic amines is 1. The highest BCUT2D eigenvalue weighted by Gasteiger charge is 2.18. The first-order valence-corrected chi connectivity index (χ1v) is 8.94. The monoisotopic (exact) mass is 365 g/mol. The lowest BCUT2D eigenvalue weighted by Crippen LogP contribution is -2.13. The van der Waals surface area contributed by atoms with Crippen molar-refractivity contribution in [3.05, 3.63) is 64.3 Å². The van der Waals surface area contributed by atoms with Crippen molar-refractivity contribution in [2.24, 2.45) is 0 Å². The number of hydrogen-bond acceptors (Lipinski definition) is 4. The molecule has 1 saturated carbocycles. The van der Waals surface area contributed by atoms with E-state index in [2.05, 4.69) is 10.3 Å². The lowest BCUT2D eigenvalue weighted by atomic mass is 10.1. The van der Waals surface area contributed by atoms with Crippen molar-refractivity contribution in [3.8, 4) is 5.75 Å². The minimum Gasteiger partial charge on any atom is -0.490 e. The third-order valence-corrected chi connectivity index (χ3v) is 4.82. The largest absolute Gasteiger partial charge is 0.490 e. The van der Waals surface area contributed by atoms with E-state index in [1.807, 2.05) is 12.1 Å². The smallest absolute Gasteiger partial charge is 0.270 e. The summed E-state index contributed by atoms with van der Waals surface area (Å²) in [7, 11) is 0. The highest BCUT2D eigenvalue weighted by atomic mass is 16.6. The van der Waals surface area contributed by atoms with Crippen molar-refractivity contribution in [3.63, 3.8) is 0 Å². The number of nitro groups is 1. The van der Waals surface area contributed by atoms with E-state index >= 15 is 0 Å². The van der Waals surface area contributed by atoms with Crippen molar-refractivity contribution in [1.29, 1.82) is 0 Å². The number of ether oxygens (including phenoxy) is 1. The number of amides is 1. The Morgan fingerprint density at radius 1 is 1.19 bits per heavy atom. The van der Waals surface area contributed by atoms with Crippen molar-refractivity contribution in [1.82, 2.24) is 4.98 Å². The van der Waals surface area contributed by atoms with Crippen molar-refractivity contribution in [2.75, 3.05) is 5.32 Å². The molecule has 0 spiro atoms. The molecule has 0 unspecified atom stereocenters. The van der Waals surface area contributed by atoms with Crippen LogP contribution in [0, 0.1) is 10.1 Å². The molecule has 1 aliphatic rings. The fourth-order valence-corrected chi connectivity index (χ4v) is 3.45. The van der Waals surface area contributed by atoms with Gasteiger partial charge in [0.25, 0.3) is 11.6 Å². The van der Waals surface area contributed by atoms with E-state index in [0.717, 1.165) is 18.6 Å². The van der Waals surface area contributed by atoms with Crippen LogP contribution < -0.4 is 10.1 Å². The first-order chi connectivity index (χ1) is 13.1. The Labute approximate surface area is 155 Å². The van der Waals surface area contributed by atoms with Gasteiger partial charge in [-0.2, -0.15) is 0 Å². The lowest BCUT2D eigenvalue weighted by Gasteiger charge is -2.14. The van der Waals surface area contributed by atoms with Crippen LogP contribution in [0.15, 0.2) is 48.7 Å². The van der Waals surface area contributed by atoms with Crippen LogP contribution in [0.2, 0.25) is 0 Å². The number of anilines is 1. The molecule has 1 fully saturated rings. The quantitative estimate of drug-likeness (QED) is 0.508. The summed E-state index contributed by atoms with van der Waals surface area (Å²) < 4.78 is 5.97. The van der Waals surface area contributed by atoms with Crippen LogP contribution in [0.25, 0.3) is 10.9 Å². The summed E-state index contributed by atoms with van der Waals surface area (Å²) in [5.74, 6) is 0.397. The molecule has 2 aromatic carbocycles. The van der Waals surface area contributed by atoms with Crippen LogP contribution in [0.1, 0.15) is 36.0 Å². The molecule has 1 amide bonds. The number of carbonyl (C=O) groups excluding carboxylic acids is 1. The van der Waals surface area contributed by atoms with Gasteiger partial charge in [0.2, 0.25) is 0 Å². The molecule has 3 aromatic rings. The summed E-state index contributed by atoms with van der Waals surface area (Å²) in [6, 6.07) is 11.7. The SMILES string of the molecule is O=C(Nc1cccc(OC2CCCC2)c1)c1c[nH]c2ccc([N+](=O)[O-])cc12. The Morgan fingerprint density at radius 2 is 2.00 bits per heavy atom. The molecule has 0 atom stereocenters. The Kier molecular flexibility index (Phi) is 4.50. The van der Waals surface area contributed by atoms with Crippen LogP contribution in [-0.2, 0) is 0 Å². The van der Waals surface area contributed by atoms with Crippen molar-refractivity contribution in [2.45, 2.75) is 31.8 Å². The van der Waals surface area contributed by atoms with Gasteiger partial charge in [-0.15, -0.1) is 0 Å². The normalized spacial score (nSPS) is 14.4. The second-order valence-electron chi connectivity index (χ2n) is 6.70. The summed E-state index contributed by atoms with van der Waals surface area (Å²) in [6.45, 7) is 0. The van der Waals surface area contributed by atoms with Gasteiger partial charge in [-0.3, -0.25) is 14.9 Å². The predicted octanol–water partition coefficient (Wildman–Crippen LogP) is 4.65. The van der Waals surface area contributed by atoms with Crippen LogP contribution in [0.4, 0.5) is 11.4 Å². The Balaban J connectivity index is 1.54. The Morgan fingerprint density at radius 3 is 2.78 bits per heavy atom. The fraction of sp³-hybridized carbons (Fsp3) is 0.250. The fourth-order valence-electron chi connectivity index (χ4n) is 3.45. The molecule has 0 saturated heterocycles. The van der Waals surface area contributed by atoms with E-state index in [1.54, 1.807) is 24.4 Å². The topological polar surface area (TPSA) is 97.3 Å². The number of fused-ring (bicyclic) bond motifs is 1. The summed E-state index contributed by atoms with van der Waals surface area (Å²) in [6.07, 6.45) is 6.30. The van der Waals surface area contributed by atoms with E-state index in [0.29, 0.717) is 22.2 Å². The van der Waals surface area contributed by atoms with Gasteiger partial charge in [0.15, 0.2) is 0 Å². The minimum atomic E-state index is -0.474. The number of hydrogen-bond donors (Lipinski definition) is 2. The zero-order chi connectivity index (χ0) is 18.8. The molecule has 0 radical (unpaired) electrons. The van der Waals surface area contributed by atoms with Gasteiger partial charge < -0.3 is 15.0 Å². The van der Waals surface area contributed by atoms with Gasteiger partial charge in [0.05, 0.1) is 16.6 Å². The molecule has 7 nitrogen and oxygen atoms in total. The van der Waals surface area contributed by atoms with Crippen molar-refractivity contribution < 1.29 is 14.5 Å². The van der Waals surface area contributed by atoms with Gasteiger partial charge in [-0.05, 0) is 43.9 Å². The molecule has 2 N–H and O–H groups in total. The van der Waals surface area contributed by atoms with Crippen LogP contribution >= 0.6 is 0 Å². The average Bonchev–Trinajstić information content (AvgIpc) is 3.30. The number of benzene rings is 2. The molecule has 138 valence electrons. The van der Waals surface area contributed by atoms with Gasteiger partial charge in [-0.1, -0.05) is 6.07 Å². The number of nitrogens with one attached hydrogen (secondary N) is 2. The maximum atomic E-state index is 12.7. The number of aromatic nitrogens is 1. The van der Waals surface area contributed by atoms with Gasteiger partial charge in [0.1, 0.15) is 5.75 Å². The molecule has 27 heavy (non-hydrogen) atoms. The van der Waals surface area contributed by atoms with Crippen LogP contribution in [0.3, 0.4) is 0 Å².